The molecular weight excluding hydrogens is 492 g/mol. The van der Waals surface area contributed by atoms with Gasteiger partial charge in [-0.3, -0.25) is 0 Å². The van der Waals surface area contributed by atoms with E-state index in [0.717, 1.165) is 54.9 Å². The fourth-order valence-corrected chi connectivity index (χ4v) is 4.95. The molecule has 37 heavy (non-hydrogen) atoms. The molecule has 0 unspecified atom stereocenters. The Morgan fingerprint density at radius 1 is 1.14 bits per heavy atom. The predicted molar refractivity (Wildman–Crippen MR) is 143 cm³/mol. The van der Waals surface area contributed by atoms with Crippen LogP contribution >= 0.6 is 0 Å². The summed E-state index contributed by atoms with van der Waals surface area (Å²) in [6, 6.07) is 7.70. The number of hydrogen-bond acceptors (Lipinski definition) is 9. The molecule has 0 saturated carbocycles. The highest BCUT2D eigenvalue weighted by molar-refractivity contribution is 7.90. The van der Waals surface area contributed by atoms with Gasteiger partial charge < -0.3 is 9.74 Å². The van der Waals surface area contributed by atoms with Gasteiger partial charge in [0.25, 0.3) is 0 Å². The smallest absolute Gasteiger partial charge is 0.330 e. The number of fused-ring (bicyclic) bond motifs is 1. The molecule has 3 heterocycles. The van der Waals surface area contributed by atoms with E-state index in [1.807, 2.05) is 52.1 Å². The van der Waals surface area contributed by atoms with Crippen LogP contribution in [0, 0.1) is 11.3 Å². The molecular formula is C26H36N6O4S. The summed E-state index contributed by atoms with van der Waals surface area (Å²) in [7, 11) is -0.973. The second-order valence-electron chi connectivity index (χ2n) is 10.9. The molecule has 0 aliphatic carbocycles. The van der Waals surface area contributed by atoms with E-state index in [9.17, 15) is 13.2 Å². The highest BCUT2D eigenvalue weighted by Gasteiger charge is 2.29. The maximum absolute atomic E-state index is 12.2. The summed E-state index contributed by atoms with van der Waals surface area (Å²) in [6.07, 6.45) is 6.93. The van der Waals surface area contributed by atoms with Crippen molar-refractivity contribution in [3.8, 4) is 5.69 Å². The number of rotatable bonds is 8. The maximum atomic E-state index is 12.2. The molecule has 1 aliphatic rings. The summed E-state index contributed by atoms with van der Waals surface area (Å²) < 4.78 is 24.7. The Kier molecular flexibility index (Phi) is 7.84. The van der Waals surface area contributed by atoms with Gasteiger partial charge in [0.2, 0.25) is 0 Å². The van der Waals surface area contributed by atoms with Gasteiger partial charge in [-0.05, 0) is 63.6 Å². The van der Waals surface area contributed by atoms with Gasteiger partial charge in [0.05, 0.1) is 28.4 Å². The van der Waals surface area contributed by atoms with Crippen molar-refractivity contribution in [1.29, 1.82) is 0 Å². The Bertz CT molecular complexity index is 1340. The van der Waals surface area contributed by atoms with Crippen LogP contribution in [-0.2, 0) is 25.9 Å². The van der Waals surface area contributed by atoms with Crippen LogP contribution in [0.15, 0.2) is 36.8 Å². The minimum absolute atomic E-state index is 0.126. The Morgan fingerprint density at radius 2 is 1.81 bits per heavy atom. The first-order chi connectivity index (χ1) is 17.4. The number of piperidine rings is 1. The topological polar surface area (TPSA) is 111 Å². The zero-order valence-electron chi connectivity index (χ0n) is 22.2. The number of hydroxylamine groups is 2. The normalized spacial score (nSPS) is 15.7. The minimum atomic E-state index is -3.00. The lowest BCUT2D eigenvalue weighted by atomic mass is 9.96. The summed E-state index contributed by atoms with van der Waals surface area (Å²) in [6.45, 7) is 7.85. The maximum Gasteiger partial charge on any atom is 0.330 e. The zero-order valence-corrected chi connectivity index (χ0v) is 23.0. The fourth-order valence-electron chi connectivity index (χ4n) is 4.34. The Balaban J connectivity index is 1.41. The van der Waals surface area contributed by atoms with Gasteiger partial charge in [0.1, 0.15) is 22.0 Å². The first-order valence-corrected chi connectivity index (χ1v) is 14.6. The number of benzene rings is 1. The van der Waals surface area contributed by atoms with Crippen LogP contribution in [0.25, 0.3) is 16.7 Å². The van der Waals surface area contributed by atoms with E-state index in [0.29, 0.717) is 18.0 Å². The molecule has 0 bridgehead atoms. The molecule has 1 fully saturated rings. The van der Waals surface area contributed by atoms with Crippen LogP contribution in [0.3, 0.4) is 0 Å². The van der Waals surface area contributed by atoms with Crippen LogP contribution in [0.4, 0.5) is 5.82 Å². The van der Waals surface area contributed by atoms with E-state index < -0.39 is 15.3 Å². The average Bonchev–Trinajstić information content (AvgIpc) is 3.27. The van der Waals surface area contributed by atoms with Crippen molar-refractivity contribution < 1.29 is 18.0 Å². The molecule has 0 N–H and O–H groups in total. The zero-order chi connectivity index (χ0) is 26.8. The van der Waals surface area contributed by atoms with Gasteiger partial charge in [-0.25, -0.2) is 27.9 Å². The van der Waals surface area contributed by atoms with E-state index in [1.165, 1.54) is 6.26 Å². The van der Waals surface area contributed by atoms with Gasteiger partial charge in [-0.15, -0.1) is 5.06 Å². The summed E-state index contributed by atoms with van der Waals surface area (Å²) in [5, 5.41) is 7.21. The Morgan fingerprint density at radius 3 is 2.43 bits per heavy atom. The third kappa shape index (κ3) is 6.84. The number of nitrogens with zero attached hydrogens (tertiary/aromatic N) is 6. The molecule has 200 valence electrons. The molecule has 3 aromatic rings. The largest absolute Gasteiger partial charge is 0.367 e. The molecule has 1 aromatic carbocycles. The summed E-state index contributed by atoms with van der Waals surface area (Å²) in [5.74, 6) is 1.20. The molecule has 0 atom stereocenters. The third-order valence-electron chi connectivity index (χ3n) is 6.58. The van der Waals surface area contributed by atoms with E-state index in [1.54, 1.807) is 22.3 Å². The number of anilines is 1. The predicted octanol–water partition coefficient (Wildman–Crippen LogP) is 3.06. The number of sulfone groups is 1. The highest BCUT2D eigenvalue weighted by atomic mass is 32.2. The monoisotopic (exact) mass is 528 g/mol. The first kappa shape index (κ1) is 27.0. The standard InChI is InChI=1S/C26H36N6O4S/c1-26(2,3)25(33)36-31-13-10-20(11-14-31)17-30(4)23-22-16-29-32(24(22)28-18-27-23)21-8-6-19(7-9-21)12-15-37(5,34)35/h6-9,16,18,20H,10-15,17H2,1-5H3. The fraction of sp³-hybridized carbons (Fsp3) is 0.538. The molecule has 2 aromatic heterocycles. The van der Waals surface area contributed by atoms with Crippen molar-refractivity contribution in [2.75, 3.05) is 43.6 Å². The van der Waals surface area contributed by atoms with E-state index in [2.05, 4.69) is 20.0 Å². The van der Waals surface area contributed by atoms with E-state index >= 15 is 0 Å². The van der Waals surface area contributed by atoms with Crippen LogP contribution < -0.4 is 4.90 Å². The number of aryl methyl sites for hydroxylation is 1. The Hall–Kier alpha value is -3.05. The number of aromatic nitrogens is 4. The third-order valence-corrected chi connectivity index (χ3v) is 7.52. The molecule has 11 heteroatoms. The van der Waals surface area contributed by atoms with Crippen molar-refractivity contribution in [1.82, 2.24) is 24.8 Å². The molecule has 0 amide bonds. The van der Waals surface area contributed by atoms with E-state index in [4.69, 9.17) is 4.84 Å². The van der Waals surface area contributed by atoms with Gasteiger partial charge >= 0.3 is 5.97 Å². The van der Waals surface area contributed by atoms with Crippen molar-refractivity contribution in [2.45, 2.75) is 40.0 Å². The van der Waals surface area contributed by atoms with Crippen molar-refractivity contribution in [3.05, 3.63) is 42.4 Å². The number of hydrogen-bond donors (Lipinski definition) is 0. The number of carbonyl (C=O) groups is 1. The Labute approximate surface area is 218 Å². The molecule has 4 rings (SSSR count). The number of carbonyl (C=O) groups excluding carboxylic acids is 1. The van der Waals surface area contributed by atoms with Crippen LogP contribution in [0.2, 0.25) is 0 Å². The lowest BCUT2D eigenvalue weighted by molar-refractivity contribution is -0.205. The van der Waals surface area contributed by atoms with Crippen LogP contribution in [0.5, 0.6) is 0 Å². The second kappa shape index (κ2) is 10.7. The van der Waals surface area contributed by atoms with Gasteiger partial charge in [-0.2, -0.15) is 5.10 Å². The van der Waals surface area contributed by atoms with E-state index in [-0.39, 0.29) is 11.7 Å². The average molecular weight is 529 g/mol. The minimum Gasteiger partial charge on any atom is -0.367 e. The lowest BCUT2D eigenvalue weighted by Gasteiger charge is -2.34. The summed E-state index contributed by atoms with van der Waals surface area (Å²) in [5.41, 5.74) is 2.01. The van der Waals surface area contributed by atoms with Crippen molar-refractivity contribution in [3.63, 3.8) is 0 Å². The van der Waals surface area contributed by atoms with Crippen LogP contribution in [-0.4, -0.2) is 77.9 Å². The SMILES string of the molecule is CN(CC1CCN(OC(=O)C(C)(C)C)CC1)c1ncnc2c1cnn2-c1ccc(CCS(C)(=O)=O)cc1. The van der Waals surface area contributed by atoms with Crippen molar-refractivity contribution >= 4 is 32.7 Å². The summed E-state index contributed by atoms with van der Waals surface area (Å²) in [4.78, 5) is 28.9. The first-order valence-electron chi connectivity index (χ1n) is 12.5. The molecule has 1 saturated heterocycles. The van der Waals surface area contributed by atoms with Gasteiger partial charge in [0.15, 0.2) is 5.65 Å². The molecule has 1 aliphatic heterocycles. The lowest BCUT2D eigenvalue weighted by Crippen LogP contribution is -2.41. The van der Waals surface area contributed by atoms with Gasteiger partial charge in [-0.1, -0.05) is 12.1 Å². The van der Waals surface area contributed by atoms with Crippen LogP contribution in [0.1, 0.15) is 39.2 Å². The van der Waals surface area contributed by atoms with Crippen molar-refractivity contribution in [2.24, 2.45) is 11.3 Å². The quantitative estimate of drug-likeness (QED) is 0.435. The van der Waals surface area contributed by atoms with Gasteiger partial charge in [0, 0.05) is 32.9 Å². The summed E-state index contributed by atoms with van der Waals surface area (Å²) >= 11 is 0. The molecule has 0 spiro atoms. The highest BCUT2D eigenvalue weighted by Crippen LogP contribution is 2.27. The molecule has 10 nitrogen and oxygen atoms in total. The second-order valence-corrected chi connectivity index (χ2v) is 13.2. The molecule has 0 radical (unpaired) electrons.